The molecule has 1 saturated heterocycles. The number of rotatable bonds is 4. The molecule has 6 nitrogen and oxygen atoms in total. The van der Waals surface area contributed by atoms with E-state index >= 15 is 0 Å². The summed E-state index contributed by atoms with van der Waals surface area (Å²) in [4.78, 5) is 23.3. The highest BCUT2D eigenvalue weighted by Gasteiger charge is 2.21. The number of aromatic amines is 1. The van der Waals surface area contributed by atoms with Crippen LogP contribution in [0.2, 0.25) is 0 Å². The van der Waals surface area contributed by atoms with Gasteiger partial charge in [-0.2, -0.15) is 0 Å². The summed E-state index contributed by atoms with van der Waals surface area (Å²) in [5.41, 5.74) is 2.97. The van der Waals surface area contributed by atoms with Crippen molar-refractivity contribution in [3.05, 3.63) is 54.4 Å². The number of imidazole rings is 1. The molecule has 6 heteroatoms. The van der Waals surface area contributed by atoms with Gasteiger partial charge >= 0.3 is 0 Å². The summed E-state index contributed by atoms with van der Waals surface area (Å²) in [7, 11) is 0. The van der Waals surface area contributed by atoms with Crippen LogP contribution in [0, 0.1) is 12.8 Å². The number of hydrogen-bond acceptors (Lipinski definition) is 5. The second-order valence-corrected chi connectivity index (χ2v) is 6.66. The van der Waals surface area contributed by atoms with Gasteiger partial charge in [0.2, 0.25) is 0 Å². The predicted molar refractivity (Wildman–Crippen MR) is 97.2 cm³/mol. The highest BCUT2D eigenvalue weighted by atomic mass is 15.2. The Balaban J connectivity index is 1.47. The first-order valence-electron chi connectivity index (χ1n) is 8.77. The van der Waals surface area contributed by atoms with Gasteiger partial charge in [0, 0.05) is 36.9 Å². The standard InChI is InChI=1S/C19H22N6/c1-14-11-21-19(24-14)17-10-16(22-13-23-17)9-15-5-4-8-25(12-15)18-6-2-3-7-20-18/h2-3,6-7,10-11,13,15H,4-5,8-9,12H2,1H3,(H,21,24)/t15-/m0/s1. The third-order valence-electron chi connectivity index (χ3n) is 4.66. The van der Waals surface area contributed by atoms with E-state index in [-0.39, 0.29) is 0 Å². The van der Waals surface area contributed by atoms with Gasteiger partial charge < -0.3 is 9.88 Å². The summed E-state index contributed by atoms with van der Waals surface area (Å²) < 4.78 is 0. The van der Waals surface area contributed by atoms with E-state index in [2.05, 4.69) is 42.0 Å². The van der Waals surface area contributed by atoms with Crippen LogP contribution in [0.3, 0.4) is 0 Å². The molecule has 25 heavy (non-hydrogen) atoms. The largest absolute Gasteiger partial charge is 0.356 e. The molecule has 0 saturated carbocycles. The fourth-order valence-electron chi connectivity index (χ4n) is 3.46. The van der Waals surface area contributed by atoms with E-state index in [9.17, 15) is 0 Å². The van der Waals surface area contributed by atoms with E-state index in [4.69, 9.17) is 0 Å². The van der Waals surface area contributed by atoms with Gasteiger partial charge in [0.25, 0.3) is 0 Å². The summed E-state index contributed by atoms with van der Waals surface area (Å²) in [5, 5.41) is 0. The first-order valence-corrected chi connectivity index (χ1v) is 8.77. The highest BCUT2D eigenvalue weighted by Crippen LogP contribution is 2.24. The molecule has 0 radical (unpaired) electrons. The number of aromatic nitrogens is 5. The molecule has 3 aromatic heterocycles. The first kappa shape index (κ1) is 15.7. The summed E-state index contributed by atoms with van der Waals surface area (Å²) in [6.45, 7) is 4.09. The zero-order valence-electron chi connectivity index (χ0n) is 14.4. The molecule has 0 aliphatic carbocycles. The van der Waals surface area contributed by atoms with Crippen molar-refractivity contribution in [2.45, 2.75) is 26.2 Å². The fourth-order valence-corrected chi connectivity index (χ4v) is 3.46. The molecule has 1 atom stereocenters. The predicted octanol–water partition coefficient (Wildman–Crippen LogP) is 3.03. The summed E-state index contributed by atoms with van der Waals surface area (Å²) in [5.74, 6) is 2.46. The van der Waals surface area contributed by atoms with E-state index in [1.54, 1.807) is 6.33 Å². The van der Waals surface area contributed by atoms with Crippen molar-refractivity contribution in [1.82, 2.24) is 24.9 Å². The zero-order valence-corrected chi connectivity index (χ0v) is 14.4. The quantitative estimate of drug-likeness (QED) is 0.794. The Kier molecular flexibility index (Phi) is 4.41. The van der Waals surface area contributed by atoms with Crippen LogP contribution >= 0.6 is 0 Å². The third kappa shape index (κ3) is 3.68. The van der Waals surface area contributed by atoms with Gasteiger partial charge in [0.15, 0.2) is 5.82 Å². The van der Waals surface area contributed by atoms with Crippen molar-refractivity contribution in [3.8, 4) is 11.5 Å². The van der Waals surface area contributed by atoms with Gasteiger partial charge in [-0.25, -0.2) is 19.9 Å². The van der Waals surface area contributed by atoms with E-state index in [0.29, 0.717) is 5.92 Å². The van der Waals surface area contributed by atoms with Crippen molar-refractivity contribution in [2.75, 3.05) is 18.0 Å². The van der Waals surface area contributed by atoms with Crippen LogP contribution in [0.25, 0.3) is 11.5 Å². The Labute approximate surface area is 147 Å². The molecule has 0 spiro atoms. The number of nitrogens with zero attached hydrogens (tertiary/aromatic N) is 5. The smallest absolute Gasteiger partial charge is 0.156 e. The monoisotopic (exact) mass is 334 g/mol. The van der Waals surface area contributed by atoms with Crippen LogP contribution < -0.4 is 4.90 Å². The van der Waals surface area contributed by atoms with Gasteiger partial charge in [0.05, 0.1) is 0 Å². The van der Waals surface area contributed by atoms with Crippen molar-refractivity contribution >= 4 is 5.82 Å². The number of anilines is 1. The van der Waals surface area contributed by atoms with Crippen LogP contribution in [0.1, 0.15) is 24.2 Å². The van der Waals surface area contributed by atoms with E-state index in [1.165, 1.54) is 12.8 Å². The Bertz CT molecular complexity index is 829. The second-order valence-electron chi connectivity index (χ2n) is 6.66. The Morgan fingerprint density at radius 1 is 1.20 bits per heavy atom. The van der Waals surface area contributed by atoms with E-state index in [0.717, 1.165) is 48.2 Å². The molecule has 1 aliphatic heterocycles. The molecule has 1 fully saturated rings. The zero-order chi connectivity index (χ0) is 17.1. The summed E-state index contributed by atoms with van der Waals surface area (Å²) >= 11 is 0. The minimum Gasteiger partial charge on any atom is -0.356 e. The molecule has 4 rings (SSSR count). The molecular weight excluding hydrogens is 312 g/mol. The lowest BCUT2D eigenvalue weighted by Gasteiger charge is -2.33. The van der Waals surface area contributed by atoms with Crippen molar-refractivity contribution < 1.29 is 0 Å². The SMILES string of the molecule is Cc1cnc(-c2cc(C[C@@H]3CCCN(c4ccccn4)C3)ncn2)[nH]1. The van der Waals surface area contributed by atoms with Gasteiger partial charge in [-0.05, 0) is 50.3 Å². The molecule has 128 valence electrons. The molecular formula is C19H22N6. The lowest BCUT2D eigenvalue weighted by molar-refractivity contribution is 0.408. The van der Waals surface area contributed by atoms with Crippen LogP contribution in [0.5, 0.6) is 0 Å². The maximum absolute atomic E-state index is 4.49. The first-order chi connectivity index (χ1) is 12.3. The molecule has 3 aromatic rings. The normalized spacial score (nSPS) is 17.6. The maximum Gasteiger partial charge on any atom is 0.156 e. The van der Waals surface area contributed by atoms with Gasteiger partial charge in [-0.15, -0.1) is 0 Å². The summed E-state index contributed by atoms with van der Waals surface area (Å²) in [6, 6.07) is 8.15. The van der Waals surface area contributed by atoms with Crippen molar-refractivity contribution in [2.24, 2.45) is 5.92 Å². The number of hydrogen-bond donors (Lipinski definition) is 1. The number of piperidine rings is 1. The molecule has 0 unspecified atom stereocenters. The molecule has 4 heterocycles. The molecule has 0 aromatic carbocycles. The second kappa shape index (κ2) is 7.01. The van der Waals surface area contributed by atoms with Gasteiger partial charge in [0.1, 0.15) is 17.8 Å². The van der Waals surface area contributed by atoms with Crippen molar-refractivity contribution in [3.63, 3.8) is 0 Å². The van der Waals surface area contributed by atoms with Gasteiger partial charge in [-0.1, -0.05) is 6.07 Å². The fraction of sp³-hybridized carbons (Fsp3) is 0.368. The maximum atomic E-state index is 4.49. The Morgan fingerprint density at radius 3 is 2.96 bits per heavy atom. The average molecular weight is 334 g/mol. The third-order valence-corrected chi connectivity index (χ3v) is 4.66. The molecule has 1 N–H and O–H groups in total. The van der Waals surface area contributed by atoms with Crippen LogP contribution in [0.15, 0.2) is 43.0 Å². The lowest BCUT2D eigenvalue weighted by Crippen LogP contribution is -2.36. The minimum atomic E-state index is 0.580. The summed E-state index contributed by atoms with van der Waals surface area (Å²) in [6.07, 6.45) is 8.70. The number of H-pyrrole nitrogens is 1. The lowest BCUT2D eigenvalue weighted by atomic mass is 9.93. The Morgan fingerprint density at radius 2 is 2.16 bits per heavy atom. The Hall–Kier alpha value is -2.76. The molecule has 0 amide bonds. The van der Waals surface area contributed by atoms with Crippen LogP contribution in [0.4, 0.5) is 5.82 Å². The number of pyridine rings is 1. The van der Waals surface area contributed by atoms with Crippen LogP contribution in [-0.2, 0) is 6.42 Å². The van der Waals surface area contributed by atoms with Crippen LogP contribution in [-0.4, -0.2) is 38.0 Å². The van der Waals surface area contributed by atoms with Gasteiger partial charge in [-0.3, -0.25) is 0 Å². The van der Waals surface area contributed by atoms with Crippen molar-refractivity contribution in [1.29, 1.82) is 0 Å². The molecule has 0 bridgehead atoms. The topological polar surface area (TPSA) is 70.6 Å². The average Bonchev–Trinajstić information content (AvgIpc) is 3.09. The van der Waals surface area contributed by atoms with E-state index < -0.39 is 0 Å². The molecule has 1 aliphatic rings. The highest BCUT2D eigenvalue weighted by molar-refractivity contribution is 5.49. The number of nitrogens with one attached hydrogen (secondary N) is 1. The number of aryl methyl sites for hydroxylation is 1. The van der Waals surface area contributed by atoms with E-state index in [1.807, 2.05) is 31.5 Å². The minimum absolute atomic E-state index is 0.580.